The van der Waals surface area contributed by atoms with Crippen LogP contribution in [0.3, 0.4) is 0 Å². The molecule has 2 aliphatic rings. The first kappa shape index (κ1) is 28.1. The maximum Gasteiger partial charge on any atom is 0.240 e. The third-order valence-corrected chi connectivity index (χ3v) is 11.2. The van der Waals surface area contributed by atoms with Crippen LogP contribution in [-0.2, 0) is 26.6 Å². The van der Waals surface area contributed by atoms with E-state index in [1.54, 1.807) is 17.7 Å². The van der Waals surface area contributed by atoms with Crippen LogP contribution in [0.4, 0.5) is 0 Å². The van der Waals surface area contributed by atoms with Crippen LogP contribution in [0.1, 0.15) is 74.0 Å². The molecule has 1 N–H and O–H groups in total. The van der Waals surface area contributed by atoms with Gasteiger partial charge in [-0.3, -0.25) is 0 Å². The second kappa shape index (κ2) is 10.8. The SMILES string of the molecule is Cc1ccc(S(=O)(=O)NCCO[C@@H](c2ccccc2)[C@H]2CC[C@]3(C)c4cc(C)ccc4CC[C@H]3C2(C)C)cc1. The normalized spacial score (nSPS) is 24.9. The zero-order valence-electron chi connectivity index (χ0n) is 24.0. The molecule has 0 bridgehead atoms. The molecule has 0 heterocycles. The van der Waals surface area contributed by atoms with Gasteiger partial charge in [0.05, 0.1) is 17.6 Å². The molecule has 0 aromatic heterocycles. The second-order valence-corrected chi connectivity index (χ2v) is 14.3. The van der Waals surface area contributed by atoms with Gasteiger partial charge in [-0.2, -0.15) is 0 Å². The Kier molecular flexibility index (Phi) is 7.80. The number of fused-ring (bicyclic) bond motifs is 3. The highest BCUT2D eigenvalue weighted by molar-refractivity contribution is 7.89. The smallest absolute Gasteiger partial charge is 0.240 e. The zero-order chi connectivity index (χ0) is 27.8. The average Bonchev–Trinajstić information content (AvgIpc) is 2.90. The Balaban J connectivity index is 1.35. The number of hydrogen-bond donors (Lipinski definition) is 1. The van der Waals surface area contributed by atoms with Crippen LogP contribution in [-0.4, -0.2) is 21.6 Å². The number of aryl methyl sites for hydroxylation is 3. The van der Waals surface area contributed by atoms with Crippen LogP contribution in [0.2, 0.25) is 0 Å². The number of ether oxygens (including phenoxy) is 1. The summed E-state index contributed by atoms with van der Waals surface area (Å²) in [7, 11) is -3.57. The summed E-state index contributed by atoms with van der Waals surface area (Å²) in [5, 5.41) is 0. The summed E-state index contributed by atoms with van der Waals surface area (Å²) in [6.45, 7) is 12.1. The molecule has 0 saturated heterocycles. The van der Waals surface area contributed by atoms with E-state index >= 15 is 0 Å². The predicted octanol–water partition coefficient (Wildman–Crippen LogP) is 7.30. The molecule has 39 heavy (non-hydrogen) atoms. The molecule has 1 fully saturated rings. The Morgan fingerprint density at radius 3 is 2.33 bits per heavy atom. The third-order valence-electron chi connectivity index (χ3n) is 9.70. The Hall–Kier alpha value is -2.47. The average molecular weight is 546 g/mol. The van der Waals surface area contributed by atoms with Crippen LogP contribution >= 0.6 is 0 Å². The Morgan fingerprint density at radius 1 is 0.923 bits per heavy atom. The van der Waals surface area contributed by atoms with Gasteiger partial charge in [0.1, 0.15) is 0 Å². The van der Waals surface area contributed by atoms with Gasteiger partial charge in [0, 0.05) is 6.54 Å². The molecule has 3 aromatic rings. The summed E-state index contributed by atoms with van der Waals surface area (Å²) in [4.78, 5) is 0.285. The Morgan fingerprint density at radius 2 is 1.62 bits per heavy atom. The highest BCUT2D eigenvalue weighted by atomic mass is 32.2. The number of benzene rings is 3. The molecule has 4 atom stereocenters. The van der Waals surface area contributed by atoms with Crippen LogP contribution in [0, 0.1) is 31.1 Å². The van der Waals surface area contributed by atoms with Gasteiger partial charge < -0.3 is 4.74 Å². The topological polar surface area (TPSA) is 55.4 Å². The monoisotopic (exact) mass is 545 g/mol. The predicted molar refractivity (Wildman–Crippen MR) is 158 cm³/mol. The number of rotatable bonds is 8. The van der Waals surface area contributed by atoms with Gasteiger partial charge in [-0.05, 0) is 91.0 Å². The maximum absolute atomic E-state index is 12.8. The molecule has 3 aromatic carbocycles. The number of sulfonamides is 1. The maximum atomic E-state index is 12.8. The van der Waals surface area contributed by atoms with E-state index in [9.17, 15) is 8.42 Å². The minimum atomic E-state index is -3.57. The summed E-state index contributed by atoms with van der Waals surface area (Å²) in [6.07, 6.45) is 4.43. The lowest BCUT2D eigenvalue weighted by molar-refractivity contribution is -0.0976. The van der Waals surface area contributed by atoms with Crippen molar-refractivity contribution in [1.29, 1.82) is 0 Å². The molecule has 0 unspecified atom stereocenters. The first-order valence-electron chi connectivity index (χ1n) is 14.4. The van der Waals surface area contributed by atoms with Crippen molar-refractivity contribution >= 4 is 10.0 Å². The first-order chi connectivity index (χ1) is 18.5. The number of hydrogen-bond acceptors (Lipinski definition) is 3. The van der Waals surface area contributed by atoms with E-state index in [-0.39, 0.29) is 28.4 Å². The largest absolute Gasteiger partial charge is 0.372 e. The van der Waals surface area contributed by atoms with E-state index in [0.29, 0.717) is 18.4 Å². The van der Waals surface area contributed by atoms with Crippen LogP contribution in [0.25, 0.3) is 0 Å². The second-order valence-electron chi connectivity index (χ2n) is 12.5. The van der Waals surface area contributed by atoms with E-state index in [0.717, 1.165) is 24.8 Å². The van der Waals surface area contributed by atoms with E-state index in [2.05, 4.69) is 74.9 Å². The van der Waals surface area contributed by atoms with Gasteiger partial charge in [0.2, 0.25) is 10.0 Å². The number of nitrogens with one attached hydrogen (secondary N) is 1. The third kappa shape index (κ3) is 5.46. The highest BCUT2D eigenvalue weighted by Crippen LogP contribution is 2.61. The molecule has 208 valence electrons. The van der Waals surface area contributed by atoms with Crippen molar-refractivity contribution in [1.82, 2.24) is 4.72 Å². The van der Waals surface area contributed by atoms with E-state index in [1.165, 1.54) is 23.1 Å². The molecule has 5 heteroatoms. The fourth-order valence-corrected chi connectivity index (χ4v) is 8.64. The highest BCUT2D eigenvalue weighted by Gasteiger charge is 2.55. The summed E-state index contributed by atoms with van der Waals surface area (Å²) >= 11 is 0. The Labute approximate surface area is 235 Å². The fraction of sp³-hybridized carbons (Fsp3) is 0.471. The van der Waals surface area contributed by atoms with Crippen molar-refractivity contribution in [2.45, 2.75) is 76.7 Å². The van der Waals surface area contributed by atoms with Crippen LogP contribution in [0.5, 0.6) is 0 Å². The molecule has 1 saturated carbocycles. The minimum absolute atomic E-state index is 0.0519. The molecular weight excluding hydrogens is 502 g/mol. The lowest BCUT2D eigenvalue weighted by atomic mass is 9.46. The van der Waals surface area contributed by atoms with Gasteiger partial charge >= 0.3 is 0 Å². The molecule has 4 nitrogen and oxygen atoms in total. The van der Waals surface area contributed by atoms with Crippen molar-refractivity contribution in [3.05, 3.63) is 101 Å². The van der Waals surface area contributed by atoms with Gasteiger partial charge in [0.25, 0.3) is 0 Å². The summed E-state index contributed by atoms with van der Waals surface area (Å²) in [5.74, 6) is 0.881. The van der Waals surface area contributed by atoms with Crippen LogP contribution in [0.15, 0.2) is 77.7 Å². The van der Waals surface area contributed by atoms with Crippen molar-refractivity contribution in [2.75, 3.05) is 13.2 Å². The van der Waals surface area contributed by atoms with Gasteiger partial charge in [0.15, 0.2) is 0 Å². The lowest BCUT2D eigenvalue weighted by Gasteiger charge is -2.59. The quantitative estimate of drug-likeness (QED) is 0.302. The van der Waals surface area contributed by atoms with E-state index in [4.69, 9.17) is 4.74 Å². The molecular formula is C34H43NO3S. The fourth-order valence-electron chi connectivity index (χ4n) is 7.63. The van der Waals surface area contributed by atoms with Crippen molar-refractivity contribution in [3.8, 4) is 0 Å². The Bertz CT molecular complexity index is 1400. The molecule has 0 aliphatic heterocycles. The summed E-state index contributed by atoms with van der Waals surface area (Å²) < 4.78 is 35.0. The standard InChI is InChI=1S/C34H43NO3S/c1-24-12-16-28(17-13-24)39(36,37)35-21-22-38-32(27-9-7-6-8-10-27)29-19-20-34(5)30-23-25(2)11-14-26(30)15-18-31(34)33(29,3)4/h6-14,16-17,23,29,31-32,35H,15,18-22H2,1-5H3/t29-,31+,32+,34-/m1/s1. The van der Waals surface area contributed by atoms with Crippen molar-refractivity contribution < 1.29 is 13.2 Å². The molecule has 0 radical (unpaired) electrons. The van der Waals surface area contributed by atoms with Crippen LogP contribution < -0.4 is 4.72 Å². The zero-order valence-corrected chi connectivity index (χ0v) is 24.9. The van der Waals surface area contributed by atoms with E-state index < -0.39 is 10.0 Å². The van der Waals surface area contributed by atoms with Gasteiger partial charge in [-0.25, -0.2) is 13.1 Å². The minimum Gasteiger partial charge on any atom is -0.372 e. The molecule has 0 amide bonds. The summed E-state index contributed by atoms with van der Waals surface area (Å²) in [6, 6.07) is 24.5. The lowest BCUT2D eigenvalue weighted by Crippen LogP contribution is -2.53. The van der Waals surface area contributed by atoms with Gasteiger partial charge in [-0.1, -0.05) is 92.6 Å². The first-order valence-corrected chi connectivity index (χ1v) is 15.8. The molecule has 5 rings (SSSR count). The molecule has 0 spiro atoms. The van der Waals surface area contributed by atoms with E-state index in [1.807, 2.05) is 25.1 Å². The summed E-state index contributed by atoms with van der Waals surface area (Å²) in [5.41, 5.74) is 6.83. The molecule has 2 aliphatic carbocycles. The van der Waals surface area contributed by atoms with Crippen molar-refractivity contribution in [2.24, 2.45) is 17.3 Å². The van der Waals surface area contributed by atoms with Crippen molar-refractivity contribution in [3.63, 3.8) is 0 Å². The van der Waals surface area contributed by atoms with Gasteiger partial charge in [-0.15, -0.1) is 0 Å².